The minimum Gasteiger partial charge on any atom is -0.360 e. The number of benzene rings is 2. The van der Waals surface area contributed by atoms with Gasteiger partial charge in [-0.2, -0.15) is 0 Å². The van der Waals surface area contributed by atoms with E-state index in [0.29, 0.717) is 0 Å². The average Bonchev–Trinajstić information content (AvgIpc) is 2.77. The van der Waals surface area contributed by atoms with Crippen LogP contribution in [0.15, 0.2) is 60.9 Å². The molecule has 0 unspecified atom stereocenters. The van der Waals surface area contributed by atoms with Crippen LogP contribution in [-0.2, 0) is 29.8 Å². The fourth-order valence-electron chi connectivity index (χ4n) is 4.80. The van der Waals surface area contributed by atoms with Crippen LogP contribution in [0.1, 0.15) is 48.6 Å². The molecule has 0 bridgehead atoms. The maximum absolute atomic E-state index is 11.3. The van der Waals surface area contributed by atoms with E-state index in [1.54, 1.807) is 6.33 Å². The Morgan fingerprint density at radius 2 is 1.84 bits per heavy atom. The van der Waals surface area contributed by atoms with Gasteiger partial charge in [0.1, 0.15) is 12.1 Å². The van der Waals surface area contributed by atoms with Crippen LogP contribution < -0.4 is 10.6 Å². The van der Waals surface area contributed by atoms with Gasteiger partial charge in [0.05, 0.1) is 11.2 Å². The van der Waals surface area contributed by atoms with Gasteiger partial charge in [-0.25, -0.2) is 9.97 Å². The quantitative estimate of drug-likeness (QED) is 0.607. The molecule has 0 radical (unpaired) electrons. The molecule has 2 aliphatic rings. The van der Waals surface area contributed by atoms with E-state index in [9.17, 15) is 4.79 Å². The van der Waals surface area contributed by atoms with Crippen molar-refractivity contribution in [2.75, 3.05) is 17.2 Å². The van der Waals surface area contributed by atoms with E-state index in [1.807, 2.05) is 12.1 Å². The molecular formula is C26H29N5O. The van der Waals surface area contributed by atoms with Crippen molar-refractivity contribution in [3.8, 4) is 0 Å². The molecule has 1 fully saturated rings. The Balaban J connectivity index is 1.37. The zero-order valence-electron chi connectivity index (χ0n) is 18.5. The molecule has 32 heavy (non-hydrogen) atoms. The number of aromatic nitrogens is 2. The van der Waals surface area contributed by atoms with Gasteiger partial charge in [0.15, 0.2) is 0 Å². The molecule has 0 saturated heterocycles. The van der Waals surface area contributed by atoms with Crippen molar-refractivity contribution in [3.05, 3.63) is 83.3 Å². The molecule has 1 aliphatic heterocycles. The lowest BCUT2D eigenvalue weighted by Crippen LogP contribution is -2.43. The molecule has 6 nitrogen and oxygen atoms in total. The summed E-state index contributed by atoms with van der Waals surface area (Å²) >= 11 is 0. The molecule has 1 amide bonds. The second-order valence-corrected chi connectivity index (χ2v) is 8.91. The SMILES string of the molecule is CC(=O)Nc1ccc(C2(Nc3ncnc4c3CN(Cc3ccccc3)CC4)CCC2)cc1. The summed E-state index contributed by atoms with van der Waals surface area (Å²) in [5, 5.41) is 6.67. The fourth-order valence-corrected chi connectivity index (χ4v) is 4.80. The van der Waals surface area contributed by atoms with Gasteiger partial charge in [0, 0.05) is 44.2 Å². The van der Waals surface area contributed by atoms with Gasteiger partial charge in [0.2, 0.25) is 5.91 Å². The predicted molar refractivity (Wildman–Crippen MR) is 126 cm³/mol. The van der Waals surface area contributed by atoms with Crippen LogP contribution >= 0.6 is 0 Å². The molecule has 3 aromatic rings. The van der Waals surface area contributed by atoms with Crippen LogP contribution in [-0.4, -0.2) is 27.3 Å². The summed E-state index contributed by atoms with van der Waals surface area (Å²) < 4.78 is 0. The van der Waals surface area contributed by atoms with Crippen molar-refractivity contribution in [3.63, 3.8) is 0 Å². The molecule has 164 valence electrons. The van der Waals surface area contributed by atoms with Crippen LogP contribution in [0.4, 0.5) is 11.5 Å². The Hall–Kier alpha value is -3.25. The standard InChI is InChI=1S/C26H29N5O/c1-19(32)29-22-10-8-21(9-11-22)26(13-5-14-26)30-25-23-17-31(15-12-24(23)27-18-28-25)16-20-6-3-2-4-7-20/h2-4,6-11,18H,5,12-17H2,1H3,(H,29,32)(H,27,28,30). The van der Waals surface area contributed by atoms with Crippen LogP contribution in [0.25, 0.3) is 0 Å². The van der Waals surface area contributed by atoms with E-state index in [0.717, 1.165) is 56.1 Å². The molecule has 1 saturated carbocycles. The molecule has 1 aliphatic carbocycles. The summed E-state index contributed by atoms with van der Waals surface area (Å²) in [6.45, 7) is 4.33. The summed E-state index contributed by atoms with van der Waals surface area (Å²) in [5.74, 6) is 0.903. The third-order valence-electron chi connectivity index (χ3n) is 6.65. The first-order chi connectivity index (χ1) is 15.6. The highest BCUT2D eigenvalue weighted by Crippen LogP contribution is 2.45. The second-order valence-electron chi connectivity index (χ2n) is 8.91. The van der Waals surface area contributed by atoms with Crippen LogP contribution in [0.3, 0.4) is 0 Å². The van der Waals surface area contributed by atoms with Crippen LogP contribution in [0.5, 0.6) is 0 Å². The van der Waals surface area contributed by atoms with Crippen molar-refractivity contribution < 1.29 is 4.79 Å². The molecule has 5 rings (SSSR count). The van der Waals surface area contributed by atoms with Crippen LogP contribution in [0, 0.1) is 0 Å². The van der Waals surface area contributed by atoms with E-state index >= 15 is 0 Å². The fraction of sp³-hybridized carbons (Fsp3) is 0.346. The molecule has 2 aromatic carbocycles. The normalized spacial score (nSPS) is 17.2. The highest BCUT2D eigenvalue weighted by molar-refractivity contribution is 5.88. The largest absolute Gasteiger partial charge is 0.360 e. The number of carbonyl (C=O) groups excluding carboxylic acids is 1. The zero-order valence-corrected chi connectivity index (χ0v) is 18.5. The van der Waals surface area contributed by atoms with E-state index in [1.165, 1.54) is 30.0 Å². The number of anilines is 2. The molecule has 0 spiro atoms. The Morgan fingerprint density at radius 1 is 1.06 bits per heavy atom. The van der Waals surface area contributed by atoms with Crippen molar-refractivity contribution in [1.82, 2.24) is 14.9 Å². The number of nitrogens with one attached hydrogen (secondary N) is 2. The third kappa shape index (κ3) is 4.23. The maximum atomic E-state index is 11.3. The second kappa shape index (κ2) is 8.71. The first-order valence-electron chi connectivity index (χ1n) is 11.4. The van der Waals surface area contributed by atoms with Crippen molar-refractivity contribution in [2.24, 2.45) is 0 Å². The van der Waals surface area contributed by atoms with E-state index < -0.39 is 0 Å². The first kappa shape index (κ1) is 20.6. The summed E-state index contributed by atoms with van der Waals surface area (Å²) in [4.78, 5) is 23.1. The van der Waals surface area contributed by atoms with Crippen molar-refractivity contribution in [1.29, 1.82) is 0 Å². The number of fused-ring (bicyclic) bond motifs is 1. The van der Waals surface area contributed by atoms with Gasteiger partial charge in [-0.3, -0.25) is 9.69 Å². The first-order valence-corrected chi connectivity index (χ1v) is 11.4. The molecule has 6 heteroatoms. The average molecular weight is 428 g/mol. The van der Waals surface area contributed by atoms with Gasteiger partial charge < -0.3 is 10.6 Å². The zero-order chi connectivity index (χ0) is 22.0. The van der Waals surface area contributed by atoms with Gasteiger partial charge >= 0.3 is 0 Å². The summed E-state index contributed by atoms with van der Waals surface area (Å²) in [7, 11) is 0. The summed E-state index contributed by atoms with van der Waals surface area (Å²) in [6, 6.07) is 18.8. The van der Waals surface area contributed by atoms with Crippen molar-refractivity contribution >= 4 is 17.4 Å². The van der Waals surface area contributed by atoms with Crippen LogP contribution in [0.2, 0.25) is 0 Å². The van der Waals surface area contributed by atoms with Gasteiger partial charge in [0.25, 0.3) is 0 Å². The van der Waals surface area contributed by atoms with Gasteiger partial charge in [-0.05, 0) is 42.5 Å². The topological polar surface area (TPSA) is 70.1 Å². The highest BCUT2D eigenvalue weighted by Gasteiger charge is 2.40. The maximum Gasteiger partial charge on any atom is 0.221 e. The number of carbonyl (C=O) groups is 1. The minimum absolute atomic E-state index is 0.0538. The molecule has 2 heterocycles. The molecular weight excluding hydrogens is 398 g/mol. The Labute approximate surface area is 189 Å². The van der Waals surface area contributed by atoms with E-state index in [2.05, 4.69) is 68.0 Å². The lowest BCUT2D eigenvalue weighted by molar-refractivity contribution is -0.114. The third-order valence-corrected chi connectivity index (χ3v) is 6.65. The smallest absolute Gasteiger partial charge is 0.221 e. The number of nitrogens with zero attached hydrogens (tertiary/aromatic N) is 3. The predicted octanol–water partition coefficient (Wildman–Crippen LogP) is 4.48. The van der Waals surface area contributed by atoms with Crippen molar-refractivity contribution in [2.45, 2.75) is 51.2 Å². The van der Waals surface area contributed by atoms with Gasteiger partial charge in [-0.1, -0.05) is 42.5 Å². The Bertz CT molecular complexity index is 1090. The lowest BCUT2D eigenvalue weighted by Gasteiger charge is -2.44. The lowest BCUT2D eigenvalue weighted by atomic mass is 9.71. The van der Waals surface area contributed by atoms with E-state index in [-0.39, 0.29) is 11.4 Å². The summed E-state index contributed by atoms with van der Waals surface area (Å²) in [5.41, 5.74) is 5.66. The summed E-state index contributed by atoms with van der Waals surface area (Å²) in [6.07, 6.45) is 5.96. The van der Waals surface area contributed by atoms with E-state index in [4.69, 9.17) is 0 Å². The number of hydrogen-bond acceptors (Lipinski definition) is 5. The Kier molecular flexibility index (Phi) is 5.62. The number of rotatable bonds is 6. The molecule has 0 atom stereocenters. The number of amides is 1. The molecule has 2 N–H and O–H groups in total. The van der Waals surface area contributed by atoms with Gasteiger partial charge in [-0.15, -0.1) is 0 Å². The number of hydrogen-bond donors (Lipinski definition) is 2. The monoisotopic (exact) mass is 427 g/mol. The minimum atomic E-state index is -0.113. The Morgan fingerprint density at radius 3 is 2.53 bits per heavy atom. The molecule has 1 aromatic heterocycles. The highest BCUT2D eigenvalue weighted by atomic mass is 16.1.